The van der Waals surface area contributed by atoms with Crippen molar-refractivity contribution < 1.29 is 23.2 Å². The van der Waals surface area contributed by atoms with E-state index in [0.717, 1.165) is 12.8 Å². The molecular weight excluding hydrogens is 269 g/mol. The van der Waals surface area contributed by atoms with Crippen LogP contribution in [0, 0.1) is 23.7 Å². The smallest absolute Gasteiger partial charge is 0.309 e. The Morgan fingerprint density at radius 1 is 1.43 bits per heavy atom. The zero-order valence-electron chi connectivity index (χ0n) is 15.7. The Balaban J connectivity index is 2.11. The van der Waals surface area contributed by atoms with Crippen LogP contribution in [0.5, 0.6) is 0 Å². The van der Waals surface area contributed by atoms with Gasteiger partial charge in [0.25, 0.3) is 0 Å². The molecule has 1 heterocycles. The largest absolute Gasteiger partial charge is 0.458 e. The minimum absolute atomic E-state index is 0.0122. The Kier molecular flexibility index (Phi) is 2.61. The minimum Gasteiger partial charge on any atom is -0.458 e. The maximum Gasteiger partial charge on any atom is 0.309 e. The Labute approximate surface area is 130 Å². The molecule has 2 fully saturated rings. The Morgan fingerprint density at radius 3 is 2.86 bits per heavy atom. The molecule has 0 aromatic carbocycles. The van der Waals surface area contributed by atoms with Crippen molar-refractivity contribution in [2.45, 2.75) is 58.6 Å². The van der Waals surface area contributed by atoms with Crippen LogP contribution in [0.25, 0.3) is 0 Å². The van der Waals surface area contributed by atoms with Crippen molar-refractivity contribution in [3.05, 3.63) is 11.6 Å². The van der Waals surface area contributed by atoms with Gasteiger partial charge in [-0.15, -0.1) is 0 Å². The van der Waals surface area contributed by atoms with Crippen molar-refractivity contribution in [3.8, 4) is 0 Å². The van der Waals surface area contributed by atoms with E-state index in [4.69, 9.17) is 13.6 Å². The molecule has 2 aliphatic carbocycles. The summed E-state index contributed by atoms with van der Waals surface area (Å²) in [6, 6.07) is 0. The lowest BCUT2D eigenvalue weighted by molar-refractivity contribution is -0.161. The number of rotatable bonds is 1. The number of carbonyl (C=O) groups is 2. The molecule has 3 rings (SSSR count). The lowest BCUT2D eigenvalue weighted by Crippen LogP contribution is -2.53. The van der Waals surface area contributed by atoms with Crippen LogP contribution in [0.2, 0.25) is 0 Å². The third-order valence-electron chi connectivity index (χ3n) is 5.54. The quantitative estimate of drug-likeness (QED) is 0.424. The Morgan fingerprint density at radius 2 is 2.19 bits per heavy atom. The second-order valence-electron chi connectivity index (χ2n) is 6.76. The predicted octanol–water partition coefficient (Wildman–Crippen LogP) is 2.86. The second kappa shape index (κ2) is 4.85. The number of hydrogen-bond donors (Lipinski definition) is 0. The highest BCUT2D eigenvalue weighted by Gasteiger charge is 2.61. The summed E-state index contributed by atoms with van der Waals surface area (Å²) < 4.78 is 34.6. The van der Waals surface area contributed by atoms with Crippen LogP contribution in [0.1, 0.15) is 51.0 Å². The molecule has 1 spiro atoms. The molecule has 1 saturated carbocycles. The van der Waals surface area contributed by atoms with Crippen LogP contribution in [0.3, 0.4) is 0 Å². The van der Waals surface area contributed by atoms with Crippen LogP contribution >= 0.6 is 0 Å². The van der Waals surface area contributed by atoms with E-state index in [-0.39, 0.29) is 35.2 Å². The molecule has 0 aromatic heterocycles. The molecule has 4 nitrogen and oxygen atoms in total. The van der Waals surface area contributed by atoms with Crippen LogP contribution in [-0.4, -0.2) is 23.6 Å². The van der Waals surface area contributed by atoms with E-state index in [1.807, 2.05) is 6.92 Å². The molecule has 4 heteroatoms. The van der Waals surface area contributed by atoms with Gasteiger partial charge in [0.1, 0.15) is 11.7 Å². The van der Waals surface area contributed by atoms with Crippen molar-refractivity contribution in [3.63, 3.8) is 0 Å². The number of hydrogen-bond acceptors (Lipinski definition) is 4. The molecule has 0 radical (unpaired) electrons. The molecule has 0 amide bonds. The zero-order valence-corrected chi connectivity index (χ0v) is 12.7. The van der Waals surface area contributed by atoms with Gasteiger partial charge in [-0.2, -0.15) is 0 Å². The topological polar surface area (TPSA) is 52.6 Å². The summed E-state index contributed by atoms with van der Waals surface area (Å²) in [4.78, 5) is 23.7. The molecule has 0 unspecified atom stereocenters. The van der Waals surface area contributed by atoms with Crippen molar-refractivity contribution in [2.75, 3.05) is 0 Å². The van der Waals surface area contributed by atoms with Crippen molar-refractivity contribution in [2.24, 2.45) is 23.7 Å². The van der Waals surface area contributed by atoms with E-state index >= 15 is 0 Å². The Hall–Kier alpha value is -1.32. The summed E-state index contributed by atoms with van der Waals surface area (Å²) >= 11 is 0. The Bertz CT molecular complexity index is 597. The zero-order chi connectivity index (χ0) is 17.9. The molecule has 3 aliphatic rings. The van der Waals surface area contributed by atoms with E-state index in [9.17, 15) is 9.59 Å². The van der Waals surface area contributed by atoms with Gasteiger partial charge in [-0.3, -0.25) is 9.59 Å². The number of carbonyl (C=O) groups excluding carboxylic acids is 2. The monoisotopic (exact) mass is 296 g/mol. The third kappa shape index (κ3) is 2.11. The fourth-order valence-electron chi connectivity index (χ4n) is 4.48. The molecule has 6 atom stereocenters. The molecule has 0 bridgehead atoms. The normalized spacial score (nSPS) is 48.0. The van der Waals surface area contributed by atoms with Gasteiger partial charge in [0.15, 0.2) is 0 Å². The first-order valence-corrected chi connectivity index (χ1v) is 7.69. The van der Waals surface area contributed by atoms with Gasteiger partial charge >= 0.3 is 11.9 Å². The molecule has 0 N–H and O–H groups in total. The van der Waals surface area contributed by atoms with Gasteiger partial charge < -0.3 is 9.47 Å². The fourth-order valence-corrected chi connectivity index (χ4v) is 4.48. The molecular formula is C17H24O4. The van der Waals surface area contributed by atoms with Gasteiger partial charge in [0.2, 0.25) is 0 Å². The number of ether oxygens (including phenoxy) is 2. The first-order valence-electron chi connectivity index (χ1n) is 9.19. The lowest BCUT2D eigenvalue weighted by Gasteiger charge is -2.50. The van der Waals surface area contributed by atoms with Crippen molar-refractivity contribution in [1.29, 1.82) is 0 Å². The van der Waals surface area contributed by atoms with Crippen LogP contribution < -0.4 is 0 Å². The van der Waals surface area contributed by atoms with Crippen molar-refractivity contribution in [1.82, 2.24) is 0 Å². The number of esters is 2. The molecule has 1 aliphatic heterocycles. The summed E-state index contributed by atoms with van der Waals surface area (Å²) in [5.41, 5.74) is -0.774. The SMILES string of the molecule is [2H][13C]([2H])([2H])C1=C[C@@]23OC(=O)[C@H](C)[C@@H]2CC[C@@H](C)[C@@H]3C[C@H]1OC(C)=O. The maximum absolute atomic E-state index is 12.2. The summed E-state index contributed by atoms with van der Waals surface area (Å²) in [6.45, 7) is 2.85. The summed E-state index contributed by atoms with van der Waals surface area (Å²) in [5, 5.41) is 0. The molecule has 1 saturated heterocycles. The minimum atomic E-state index is -2.39. The molecule has 21 heavy (non-hydrogen) atoms. The predicted molar refractivity (Wildman–Crippen MR) is 77.3 cm³/mol. The third-order valence-corrected chi connectivity index (χ3v) is 5.54. The average molecular weight is 296 g/mol. The van der Waals surface area contributed by atoms with Gasteiger partial charge in [0.05, 0.1) is 5.92 Å². The van der Waals surface area contributed by atoms with Gasteiger partial charge in [-0.05, 0) is 43.7 Å². The van der Waals surface area contributed by atoms with Gasteiger partial charge in [-0.1, -0.05) is 13.8 Å². The second-order valence-corrected chi connectivity index (χ2v) is 6.76. The summed E-state index contributed by atoms with van der Waals surface area (Å²) in [5.74, 6) is -0.761. The highest BCUT2D eigenvalue weighted by atomic mass is 16.6. The maximum atomic E-state index is 12.2. The van der Waals surface area contributed by atoms with E-state index in [1.54, 1.807) is 6.08 Å². The fraction of sp³-hybridized carbons (Fsp3) is 0.765. The molecule has 116 valence electrons. The van der Waals surface area contributed by atoms with Crippen LogP contribution in [0.4, 0.5) is 0 Å². The standard InChI is InChI=1S/C17H24O4/c1-9-5-6-13-11(3)16(19)21-17(13)8-10(2)15(7-14(9)17)20-12(4)18/h8-9,11,13-15H,5-7H2,1-4H3/t9-,11-,13+,14+,15-,17-/m1/s1/i2+1D3. The van der Waals surface area contributed by atoms with Crippen LogP contribution in [-0.2, 0) is 19.1 Å². The van der Waals surface area contributed by atoms with E-state index in [1.165, 1.54) is 6.92 Å². The first-order chi connectivity index (χ1) is 11.1. The molecule has 0 aromatic rings. The van der Waals surface area contributed by atoms with Crippen LogP contribution in [0.15, 0.2) is 11.6 Å². The highest BCUT2D eigenvalue weighted by Crippen LogP contribution is 2.56. The first kappa shape index (κ1) is 11.3. The van der Waals surface area contributed by atoms with E-state index < -0.39 is 24.5 Å². The van der Waals surface area contributed by atoms with E-state index in [0.29, 0.717) is 6.42 Å². The highest BCUT2D eigenvalue weighted by molar-refractivity contribution is 5.76. The van der Waals surface area contributed by atoms with E-state index in [2.05, 4.69) is 6.92 Å². The lowest BCUT2D eigenvalue weighted by atomic mass is 9.58. The van der Waals surface area contributed by atoms with Gasteiger partial charge in [0, 0.05) is 22.9 Å². The summed E-state index contributed by atoms with van der Waals surface area (Å²) in [7, 11) is 0. The van der Waals surface area contributed by atoms with Gasteiger partial charge in [-0.25, -0.2) is 0 Å². The average Bonchev–Trinajstić information content (AvgIpc) is 2.69. The summed E-state index contributed by atoms with van der Waals surface area (Å²) in [6.07, 6.45) is 3.03. The van der Waals surface area contributed by atoms with Crippen molar-refractivity contribution >= 4 is 11.9 Å².